The van der Waals surface area contributed by atoms with Gasteiger partial charge in [-0.05, 0) is 37.5 Å². The summed E-state index contributed by atoms with van der Waals surface area (Å²) in [5.74, 6) is 0.261. The van der Waals surface area contributed by atoms with Gasteiger partial charge in [-0.3, -0.25) is 0 Å². The fraction of sp³-hybridized carbons (Fsp3) is 0.500. The molecule has 1 atom stereocenters. The minimum Gasteiger partial charge on any atom is -0.208 e. The fourth-order valence-electron chi connectivity index (χ4n) is 1.31. The van der Waals surface area contributed by atoms with Gasteiger partial charge in [-0.1, -0.05) is 35.8 Å². The summed E-state index contributed by atoms with van der Waals surface area (Å²) in [5, 5.41) is 0. The van der Waals surface area contributed by atoms with E-state index >= 15 is 0 Å². The summed E-state index contributed by atoms with van der Waals surface area (Å²) < 4.78 is 27.8. The molecule has 1 aromatic rings. The zero-order valence-electron chi connectivity index (χ0n) is 10.5. The second kappa shape index (κ2) is 5.50. The number of hydrogen-bond donors (Lipinski definition) is 1. The van der Waals surface area contributed by atoms with E-state index in [1.54, 1.807) is 19.1 Å². The van der Waals surface area contributed by atoms with Crippen molar-refractivity contribution in [3.8, 4) is 0 Å². The molecule has 0 aliphatic rings. The molecule has 1 aromatic carbocycles. The Bertz CT molecular complexity index is 497. The predicted octanol–water partition coefficient (Wildman–Crippen LogP) is 3.08. The van der Waals surface area contributed by atoms with E-state index in [2.05, 4.69) is 20.7 Å². The van der Waals surface area contributed by atoms with Crippen LogP contribution in [0.1, 0.15) is 26.3 Å². The molecule has 1 N–H and O–H groups in total. The molecule has 0 aromatic heterocycles. The molecule has 0 radical (unpaired) electrons. The molecule has 1 rings (SSSR count). The second-order valence-corrected chi connectivity index (χ2v) is 7.16. The van der Waals surface area contributed by atoms with Crippen LogP contribution in [0.25, 0.3) is 0 Å². The van der Waals surface area contributed by atoms with E-state index in [9.17, 15) is 8.42 Å². The lowest BCUT2D eigenvalue weighted by molar-refractivity contribution is 0.476. The molecule has 0 amide bonds. The molecule has 0 heterocycles. The summed E-state index contributed by atoms with van der Waals surface area (Å²) in [6.07, 6.45) is 0. The van der Waals surface area contributed by atoms with Gasteiger partial charge in [0.05, 0.1) is 4.90 Å². The van der Waals surface area contributed by atoms with Crippen LogP contribution in [0.5, 0.6) is 0 Å². The first-order chi connectivity index (χ1) is 7.74. The van der Waals surface area contributed by atoms with E-state index in [0.717, 1.165) is 10.0 Å². The number of nitrogens with one attached hydrogen (secondary N) is 1. The Hall–Kier alpha value is -0.390. The number of halogens is 1. The Balaban J connectivity index is 3.09. The maximum atomic E-state index is 12.2. The van der Waals surface area contributed by atoms with Gasteiger partial charge < -0.3 is 0 Å². The Morgan fingerprint density at radius 3 is 2.35 bits per heavy atom. The number of rotatable bonds is 4. The predicted molar refractivity (Wildman–Crippen MR) is 73.5 cm³/mol. The van der Waals surface area contributed by atoms with E-state index < -0.39 is 10.0 Å². The number of benzene rings is 1. The van der Waals surface area contributed by atoms with Crippen LogP contribution in [0, 0.1) is 12.8 Å². The van der Waals surface area contributed by atoms with Crippen molar-refractivity contribution in [2.24, 2.45) is 5.92 Å². The molecular weight excluding hydrogens is 302 g/mol. The number of hydrogen-bond acceptors (Lipinski definition) is 2. The van der Waals surface area contributed by atoms with Crippen LogP contribution in [0.2, 0.25) is 0 Å². The summed E-state index contributed by atoms with van der Waals surface area (Å²) in [6.45, 7) is 7.64. The third-order valence-corrected chi connectivity index (χ3v) is 4.97. The second-order valence-electron chi connectivity index (χ2n) is 4.56. The van der Waals surface area contributed by atoms with Crippen molar-refractivity contribution in [1.29, 1.82) is 0 Å². The average molecular weight is 320 g/mol. The van der Waals surface area contributed by atoms with Gasteiger partial charge in [-0.2, -0.15) is 0 Å². The maximum absolute atomic E-state index is 12.2. The Morgan fingerprint density at radius 1 is 1.24 bits per heavy atom. The highest BCUT2D eigenvalue weighted by atomic mass is 79.9. The molecule has 0 saturated heterocycles. The van der Waals surface area contributed by atoms with Crippen molar-refractivity contribution in [1.82, 2.24) is 4.72 Å². The smallest absolute Gasteiger partial charge is 0.208 e. The zero-order valence-corrected chi connectivity index (χ0v) is 12.9. The zero-order chi connectivity index (χ0) is 13.2. The third kappa shape index (κ3) is 3.79. The van der Waals surface area contributed by atoms with E-state index in [0.29, 0.717) is 4.90 Å². The van der Waals surface area contributed by atoms with Crippen LogP contribution in [0.15, 0.2) is 27.6 Å². The molecular formula is C12H18BrNO2S. The van der Waals surface area contributed by atoms with Crippen molar-refractivity contribution in [3.63, 3.8) is 0 Å². The van der Waals surface area contributed by atoms with Gasteiger partial charge in [0, 0.05) is 10.5 Å². The minimum absolute atomic E-state index is 0.0848. The largest absolute Gasteiger partial charge is 0.241 e. The summed E-state index contributed by atoms with van der Waals surface area (Å²) in [4.78, 5) is 0.333. The highest BCUT2D eigenvalue weighted by molar-refractivity contribution is 9.10. The van der Waals surface area contributed by atoms with Gasteiger partial charge in [0.25, 0.3) is 0 Å². The van der Waals surface area contributed by atoms with Crippen molar-refractivity contribution >= 4 is 26.0 Å². The molecule has 0 aliphatic heterocycles. The number of sulfonamides is 1. The highest BCUT2D eigenvalue weighted by Gasteiger charge is 2.21. The molecule has 0 bridgehead atoms. The summed E-state index contributed by atoms with van der Waals surface area (Å²) in [7, 11) is -3.44. The molecule has 0 aliphatic carbocycles. The topological polar surface area (TPSA) is 46.2 Å². The lowest BCUT2D eigenvalue weighted by Gasteiger charge is -2.18. The van der Waals surface area contributed by atoms with Gasteiger partial charge in [0.1, 0.15) is 0 Å². The lowest BCUT2D eigenvalue weighted by Crippen LogP contribution is -2.36. The highest BCUT2D eigenvalue weighted by Crippen LogP contribution is 2.21. The quantitative estimate of drug-likeness (QED) is 0.927. The molecule has 5 heteroatoms. The first-order valence-corrected chi connectivity index (χ1v) is 7.80. The third-order valence-electron chi connectivity index (χ3n) is 2.78. The van der Waals surface area contributed by atoms with E-state index in [1.165, 1.54) is 0 Å². The average Bonchev–Trinajstić information content (AvgIpc) is 2.20. The molecule has 0 fully saturated rings. The standard InChI is InChI=1S/C12H18BrNO2S/c1-8(2)10(4)14-17(15,16)12-7-11(13)6-5-9(12)3/h5-8,10,14H,1-4H3. The first kappa shape index (κ1) is 14.7. The van der Waals surface area contributed by atoms with E-state index in [-0.39, 0.29) is 12.0 Å². The maximum Gasteiger partial charge on any atom is 0.241 e. The SMILES string of the molecule is Cc1ccc(Br)cc1S(=O)(=O)NC(C)C(C)C. The van der Waals surface area contributed by atoms with Crippen LogP contribution >= 0.6 is 15.9 Å². The Labute approximate surface area is 112 Å². The van der Waals surface area contributed by atoms with Crippen molar-refractivity contribution in [2.45, 2.75) is 38.6 Å². The van der Waals surface area contributed by atoms with Crippen LogP contribution in [-0.4, -0.2) is 14.5 Å². The van der Waals surface area contributed by atoms with Crippen LogP contribution in [0.4, 0.5) is 0 Å². The molecule has 17 heavy (non-hydrogen) atoms. The van der Waals surface area contributed by atoms with Crippen LogP contribution in [0.3, 0.4) is 0 Å². The monoisotopic (exact) mass is 319 g/mol. The Morgan fingerprint density at radius 2 is 1.82 bits per heavy atom. The minimum atomic E-state index is -3.44. The van der Waals surface area contributed by atoms with E-state index in [1.807, 2.05) is 26.8 Å². The molecule has 1 unspecified atom stereocenters. The van der Waals surface area contributed by atoms with Gasteiger partial charge in [0.15, 0.2) is 0 Å². The van der Waals surface area contributed by atoms with E-state index in [4.69, 9.17) is 0 Å². The summed E-state index contributed by atoms with van der Waals surface area (Å²) in [5.41, 5.74) is 0.747. The number of aryl methyl sites for hydroxylation is 1. The lowest BCUT2D eigenvalue weighted by atomic mass is 10.1. The van der Waals surface area contributed by atoms with Gasteiger partial charge in [-0.15, -0.1) is 0 Å². The van der Waals surface area contributed by atoms with Crippen molar-refractivity contribution in [2.75, 3.05) is 0 Å². The summed E-state index contributed by atoms with van der Waals surface area (Å²) in [6, 6.07) is 5.17. The van der Waals surface area contributed by atoms with Crippen LogP contribution < -0.4 is 4.72 Å². The molecule has 3 nitrogen and oxygen atoms in total. The molecule has 0 spiro atoms. The van der Waals surface area contributed by atoms with Gasteiger partial charge in [-0.25, -0.2) is 13.1 Å². The normalized spacial score (nSPS) is 14.0. The van der Waals surface area contributed by atoms with Gasteiger partial charge >= 0.3 is 0 Å². The Kier molecular flexibility index (Phi) is 4.75. The van der Waals surface area contributed by atoms with Crippen molar-refractivity contribution in [3.05, 3.63) is 28.2 Å². The summed E-state index contributed by atoms with van der Waals surface area (Å²) >= 11 is 3.29. The van der Waals surface area contributed by atoms with Crippen LogP contribution in [-0.2, 0) is 10.0 Å². The van der Waals surface area contributed by atoms with Crippen molar-refractivity contribution < 1.29 is 8.42 Å². The molecule has 0 saturated carbocycles. The molecule has 96 valence electrons. The van der Waals surface area contributed by atoms with Gasteiger partial charge in [0.2, 0.25) is 10.0 Å². The fourth-order valence-corrected chi connectivity index (χ4v) is 3.48. The first-order valence-electron chi connectivity index (χ1n) is 5.52.